The van der Waals surface area contributed by atoms with E-state index in [2.05, 4.69) is 44.5 Å². The Kier molecular flexibility index (Phi) is 3.53. The smallest absolute Gasteiger partial charge is 0.139 e. The highest BCUT2D eigenvalue weighted by atomic mass is 15.2. The number of aromatic nitrogens is 2. The van der Waals surface area contributed by atoms with Crippen molar-refractivity contribution in [2.75, 3.05) is 44.2 Å². The Hall–Kier alpha value is -1.59. The number of imidazole rings is 1. The molecule has 5 nitrogen and oxygen atoms in total. The minimum Gasteiger partial charge on any atom is -0.369 e. The predicted molar refractivity (Wildman–Crippen MR) is 85.1 cm³/mol. The van der Waals surface area contributed by atoms with Crippen LogP contribution in [0.5, 0.6) is 0 Å². The molecular weight excluding hydrogens is 262 g/mol. The molecule has 2 N–H and O–H groups in total. The van der Waals surface area contributed by atoms with Crippen molar-refractivity contribution < 1.29 is 0 Å². The molecule has 0 aromatic carbocycles. The number of piperidine rings is 1. The zero-order valence-electron chi connectivity index (χ0n) is 12.4. The van der Waals surface area contributed by atoms with Gasteiger partial charge in [-0.15, -0.1) is 0 Å². The molecular formula is C16H23N5. The third-order valence-electron chi connectivity index (χ3n) is 4.66. The topological polar surface area (TPSA) is 44.6 Å². The SMILES string of the molecule is c1cn2cc(C3CCCNC3)nc2cc1N1CCNCC1. The van der Waals surface area contributed by atoms with Gasteiger partial charge in [-0.1, -0.05) is 0 Å². The van der Waals surface area contributed by atoms with Crippen LogP contribution < -0.4 is 15.5 Å². The van der Waals surface area contributed by atoms with Crippen molar-refractivity contribution in [3.8, 4) is 0 Å². The van der Waals surface area contributed by atoms with E-state index in [1.807, 2.05) is 0 Å². The molecule has 112 valence electrons. The van der Waals surface area contributed by atoms with Gasteiger partial charge in [0.2, 0.25) is 0 Å². The predicted octanol–water partition coefficient (Wildman–Crippen LogP) is 1.21. The Morgan fingerprint density at radius 1 is 1.14 bits per heavy atom. The van der Waals surface area contributed by atoms with E-state index >= 15 is 0 Å². The molecule has 0 saturated carbocycles. The summed E-state index contributed by atoms with van der Waals surface area (Å²) >= 11 is 0. The van der Waals surface area contributed by atoms with E-state index in [1.165, 1.54) is 24.2 Å². The number of rotatable bonds is 2. The lowest BCUT2D eigenvalue weighted by Crippen LogP contribution is -2.43. The molecule has 5 heteroatoms. The fourth-order valence-corrected chi connectivity index (χ4v) is 3.41. The van der Waals surface area contributed by atoms with Gasteiger partial charge in [0.25, 0.3) is 0 Å². The second kappa shape index (κ2) is 5.66. The number of nitrogens with zero attached hydrogens (tertiary/aromatic N) is 3. The third-order valence-corrected chi connectivity index (χ3v) is 4.66. The Labute approximate surface area is 125 Å². The molecule has 2 fully saturated rings. The van der Waals surface area contributed by atoms with Crippen LogP contribution in [0, 0.1) is 0 Å². The molecule has 0 aliphatic carbocycles. The molecule has 21 heavy (non-hydrogen) atoms. The van der Waals surface area contributed by atoms with E-state index in [4.69, 9.17) is 4.98 Å². The van der Waals surface area contributed by atoms with Gasteiger partial charge in [-0.3, -0.25) is 0 Å². The molecule has 0 radical (unpaired) electrons. The highest BCUT2D eigenvalue weighted by Gasteiger charge is 2.18. The Balaban J connectivity index is 1.61. The van der Waals surface area contributed by atoms with Gasteiger partial charge in [-0.05, 0) is 25.5 Å². The molecule has 2 aliphatic heterocycles. The zero-order valence-corrected chi connectivity index (χ0v) is 12.4. The molecule has 4 rings (SSSR count). The van der Waals surface area contributed by atoms with Gasteiger partial charge in [0.15, 0.2) is 0 Å². The van der Waals surface area contributed by atoms with E-state index in [0.717, 1.165) is 44.9 Å². The monoisotopic (exact) mass is 285 g/mol. The summed E-state index contributed by atoms with van der Waals surface area (Å²) < 4.78 is 2.16. The van der Waals surface area contributed by atoms with Gasteiger partial charge < -0.3 is 19.9 Å². The van der Waals surface area contributed by atoms with Crippen molar-refractivity contribution in [3.05, 3.63) is 30.2 Å². The summed E-state index contributed by atoms with van der Waals surface area (Å²) in [5.41, 5.74) is 3.61. The Morgan fingerprint density at radius 2 is 2.05 bits per heavy atom. The van der Waals surface area contributed by atoms with Crippen LogP contribution in [0.4, 0.5) is 5.69 Å². The summed E-state index contributed by atoms with van der Waals surface area (Å²) in [5, 5.41) is 6.88. The van der Waals surface area contributed by atoms with Gasteiger partial charge in [0, 0.05) is 62.8 Å². The van der Waals surface area contributed by atoms with Crippen LogP contribution in [-0.4, -0.2) is 48.7 Å². The number of anilines is 1. The molecule has 2 saturated heterocycles. The number of hydrogen-bond donors (Lipinski definition) is 2. The third kappa shape index (κ3) is 2.63. The van der Waals surface area contributed by atoms with Gasteiger partial charge >= 0.3 is 0 Å². The van der Waals surface area contributed by atoms with Crippen molar-refractivity contribution in [1.29, 1.82) is 0 Å². The maximum Gasteiger partial charge on any atom is 0.139 e. The second-order valence-corrected chi connectivity index (χ2v) is 6.10. The van der Waals surface area contributed by atoms with E-state index < -0.39 is 0 Å². The first-order valence-electron chi connectivity index (χ1n) is 8.05. The fraction of sp³-hybridized carbons (Fsp3) is 0.562. The lowest BCUT2D eigenvalue weighted by Gasteiger charge is -2.29. The standard InChI is InChI=1S/C16H23N5/c1-2-13(11-18-4-1)15-12-21-7-3-14(10-16(21)19-15)20-8-5-17-6-9-20/h3,7,10,12-13,17-18H,1-2,4-6,8-9,11H2. The molecule has 4 heterocycles. The van der Waals surface area contributed by atoms with E-state index in [-0.39, 0.29) is 0 Å². The molecule has 2 aromatic heterocycles. The van der Waals surface area contributed by atoms with Crippen LogP contribution in [0.15, 0.2) is 24.5 Å². The summed E-state index contributed by atoms with van der Waals surface area (Å²) in [6.45, 7) is 6.51. The molecule has 2 aliphatic rings. The molecule has 0 amide bonds. The lowest BCUT2D eigenvalue weighted by molar-refractivity contribution is 0.456. The first-order valence-corrected chi connectivity index (χ1v) is 8.05. The second-order valence-electron chi connectivity index (χ2n) is 6.10. The summed E-state index contributed by atoms with van der Waals surface area (Å²) in [6.07, 6.45) is 6.86. The largest absolute Gasteiger partial charge is 0.369 e. The van der Waals surface area contributed by atoms with Gasteiger partial charge in [0.05, 0.1) is 5.69 Å². The van der Waals surface area contributed by atoms with Crippen LogP contribution in [0.2, 0.25) is 0 Å². The minimum absolute atomic E-state index is 0.571. The Morgan fingerprint density at radius 3 is 2.86 bits per heavy atom. The first-order chi connectivity index (χ1) is 10.4. The van der Waals surface area contributed by atoms with Crippen LogP contribution in [0.3, 0.4) is 0 Å². The van der Waals surface area contributed by atoms with Crippen molar-refractivity contribution in [3.63, 3.8) is 0 Å². The number of pyridine rings is 1. The number of piperazine rings is 1. The number of fused-ring (bicyclic) bond motifs is 1. The summed E-state index contributed by atoms with van der Waals surface area (Å²) in [6, 6.07) is 4.44. The first kappa shape index (κ1) is 13.1. The average molecular weight is 285 g/mol. The van der Waals surface area contributed by atoms with Crippen molar-refractivity contribution >= 4 is 11.3 Å². The van der Waals surface area contributed by atoms with Gasteiger partial charge in [0.1, 0.15) is 5.65 Å². The quantitative estimate of drug-likeness (QED) is 0.870. The summed E-state index contributed by atoms with van der Waals surface area (Å²) in [4.78, 5) is 7.31. The summed E-state index contributed by atoms with van der Waals surface area (Å²) in [7, 11) is 0. The van der Waals surface area contributed by atoms with Crippen LogP contribution >= 0.6 is 0 Å². The van der Waals surface area contributed by atoms with Gasteiger partial charge in [-0.25, -0.2) is 4.98 Å². The van der Waals surface area contributed by atoms with E-state index in [0.29, 0.717) is 5.92 Å². The van der Waals surface area contributed by atoms with Crippen molar-refractivity contribution in [2.24, 2.45) is 0 Å². The number of hydrogen-bond acceptors (Lipinski definition) is 4. The average Bonchev–Trinajstić information content (AvgIpc) is 2.99. The van der Waals surface area contributed by atoms with E-state index in [1.54, 1.807) is 0 Å². The van der Waals surface area contributed by atoms with Crippen molar-refractivity contribution in [2.45, 2.75) is 18.8 Å². The highest BCUT2D eigenvalue weighted by Crippen LogP contribution is 2.24. The van der Waals surface area contributed by atoms with Crippen LogP contribution in [0.25, 0.3) is 5.65 Å². The molecule has 0 spiro atoms. The van der Waals surface area contributed by atoms with Crippen LogP contribution in [0.1, 0.15) is 24.5 Å². The van der Waals surface area contributed by atoms with Gasteiger partial charge in [-0.2, -0.15) is 0 Å². The zero-order chi connectivity index (χ0) is 14.1. The van der Waals surface area contributed by atoms with E-state index in [9.17, 15) is 0 Å². The molecule has 0 bridgehead atoms. The normalized spacial score (nSPS) is 23.6. The number of nitrogens with one attached hydrogen (secondary N) is 2. The maximum atomic E-state index is 4.87. The lowest BCUT2D eigenvalue weighted by atomic mass is 9.97. The molecule has 1 unspecified atom stereocenters. The summed E-state index contributed by atoms with van der Waals surface area (Å²) in [5.74, 6) is 0.571. The van der Waals surface area contributed by atoms with Crippen molar-refractivity contribution in [1.82, 2.24) is 20.0 Å². The fourth-order valence-electron chi connectivity index (χ4n) is 3.41. The Bertz CT molecular complexity index is 592. The maximum absolute atomic E-state index is 4.87. The minimum atomic E-state index is 0.571. The highest BCUT2D eigenvalue weighted by molar-refractivity contribution is 5.57. The molecule has 2 aromatic rings. The van der Waals surface area contributed by atoms with Crippen LogP contribution in [-0.2, 0) is 0 Å². The molecule has 1 atom stereocenters.